The van der Waals surface area contributed by atoms with E-state index in [0.717, 1.165) is 6.42 Å². The molecular formula is C23H37NO5. The first-order valence-corrected chi connectivity index (χ1v) is 10.2. The van der Waals surface area contributed by atoms with Crippen LogP contribution in [0.5, 0.6) is 11.5 Å². The number of rotatable bonds is 7. The van der Waals surface area contributed by atoms with E-state index in [-0.39, 0.29) is 23.6 Å². The molecule has 164 valence electrons. The summed E-state index contributed by atoms with van der Waals surface area (Å²) in [5.41, 5.74) is -0.861. The van der Waals surface area contributed by atoms with Gasteiger partial charge in [0.15, 0.2) is 11.5 Å². The minimum Gasteiger partial charge on any atom is -0.422 e. The molecule has 0 amide bonds. The van der Waals surface area contributed by atoms with Gasteiger partial charge in [-0.1, -0.05) is 26.8 Å². The van der Waals surface area contributed by atoms with Crippen LogP contribution in [0, 0.1) is 10.8 Å². The van der Waals surface area contributed by atoms with Gasteiger partial charge in [0.2, 0.25) is 0 Å². The Kier molecular flexibility index (Phi) is 8.42. The Morgan fingerprint density at radius 2 is 1.45 bits per heavy atom. The first kappa shape index (κ1) is 25.1. The van der Waals surface area contributed by atoms with Crippen LogP contribution >= 0.6 is 0 Å². The fourth-order valence-corrected chi connectivity index (χ4v) is 2.47. The highest BCUT2D eigenvalue weighted by atomic mass is 16.6. The molecule has 0 aliphatic heterocycles. The largest absolute Gasteiger partial charge is 0.422 e. The van der Waals surface area contributed by atoms with Crippen LogP contribution in [-0.4, -0.2) is 29.1 Å². The molecule has 0 aromatic heterocycles. The molecule has 0 fully saturated rings. The Labute approximate surface area is 175 Å². The Balaban J connectivity index is 3.30. The van der Waals surface area contributed by atoms with E-state index >= 15 is 0 Å². The maximum absolute atomic E-state index is 12.4. The summed E-state index contributed by atoms with van der Waals surface area (Å²) in [7, 11) is 0. The van der Waals surface area contributed by atoms with Crippen molar-refractivity contribution >= 4 is 11.9 Å². The van der Waals surface area contributed by atoms with E-state index in [1.165, 1.54) is 0 Å². The standard InChI is InChI=1S/C23H37NO5/c1-10-16(24-14(2)3)19(25)15-11-12-17(28-20(26)22(4,5)6)18(13-15)29-21(27)23(7,8)9/h11-14,16,19,24-25H,10H2,1-9H3. The van der Waals surface area contributed by atoms with Gasteiger partial charge in [-0.2, -0.15) is 0 Å². The zero-order valence-electron chi connectivity index (χ0n) is 19.3. The van der Waals surface area contributed by atoms with Crippen LogP contribution < -0.4 is 14.8 Å². The number of nitrogens with one attached hydrogen (secondary N) is 1. The molecule has 0 aliphatic carbocycles. The van der Waals surface area contributed by atoms with Gasteiger partial charge in [-0.3, -0.25) is 9.59 Å². The predicted octanol–water partition coefficient (Wildman–Crippen LogP) is 4.40. The number of aliphatic hydroxyl groups is 1. The van der Waals surface area contributed by atoms with Crippen molar-refractivity contribution in [3.8, 4) is 11.5 Å². The molecule has 0 bridgehead atoms. The molecule has 1 aromatic carbocycles. The third-order valence-electron chi connectivity index (χ3n) is 4.31. The lowest BCUT2D eigenvalue weighted by Gasteiger charge is -2.26. The lowest BCUT2D eigenvalue weighted by atomic mass is 9.96. The molecule has 0 saturated heterocycles. The van der Waals surface area contributed by atoms with E-state index < -0.39 is 28.9 Å². The van der Waals surface area contributed by atoms with Gasteiger partial charge in [0.05, 0.1) is 16.9 Å². The van der Waals surface area contributed by atoms with Crippen molar-refractivity contribution in [1.82, 2.24) is 5.32 Å². The lowest BCUT2D eigenvalue weighted by molar-refractivity contribution is -0.145. The van der Waals surface area contributed by atoms with Crippen molar-refractivity contribution in [3.63, 3.8) is 0 Å². The average molecular weight is 408 g/mol. The molecule has 6 heteroatoms. The van der Waals surface area contributed by atoms with Crippen LogP contribution in [0.2, 0.25) is 0 Å². The topological polar surface area (TPSA) is 84.9 Å². The number of ether oxygens (including phenoxy) is 2. The molecule has 2 unspecified atom stereocenters. The zero-order chi connectivity index (χ0) is 22.6. The monoisotopic (exact) mass is 407 g/mol. The number of aliphatic hydroxyl groups excluding tert-OH is 1. The van der Waals surface area contributed by atoms with E-state index in [9.17, 15) is 14.7 Å². The van der Waals surface area contributed by atoms with Gasteiger partial charge in [0.1, 0.15) is 0 Å². The zero-order valence-corrected chi connectivity index (χ0v) is 19.3. The summed E-state index contributed by atoms with van der Waals surface area (Å²) in [6.45, 7) is 16.5. The summed E-state index contributed by atoms with van der Waals surface area (Å²) in [5, 5.41) is 14.2. The van der Waals surface area contributed by atoms with Crippen molar-refractivity contribution in [2.75, 3.05) is 0 Å². The minimum absolute atomic E-state index is 0.124. The van der Waals surface area contributed by atoms with Crippen molar-refractivity contribution in [2.24, 2.45) is 10.8 Å². The molecule has 1 aromatic rings. The fraction of sp³-hybridized carbons (Fsp3) is 0.652. The molecule has 2 atom stereocenters. The lowest BCUT2D eigenvalue weighted by Crippen LogP contribution is -2.38. The molecule has 0 radical (unpaired) electrons. The normalized spacial score (nSPS) is 14.4. The van der Waals surface area contributed by atoms with Crippen molar-refractivity contribution in [1.29, 1.82) is 0 Å². The Bertz CT molecular complexity index is 713. The van der Waals surface area contributed by atoms with Crippen LogP contribution in [0.3, 0.4) is 0 Å². The Morgan fingerprint density at radius 1 is 0.966 bits per heavy atom. The highest BCUT2D eigenvalue weighted by Gasteiger charge is 2.29. The Hall–Kier alpha value is -1.92. The SMILES string of the molecule is CCC(NC(C)C)C(O)c1ccc(OC(=O)C(C)(C)C)c(OC(=O)C(C)(C)C)c1. The van der Waals surface area contributed by atoms with E-state index in [4.69, 9.17) is 9.47 Å². The molecule has 0 saturated carbocycles. The van der Waals surface area contributed by atoms with Crippen LogP contribution in [0.15, 0.2) is 18.2 Å². The molecule has 0 spiro atoms. The summed E-state index contributed by atoms with van der Waals surface area (Å²) < 4.78 is 11.1. The van der Waals surface area contributed by atoms with Crippen LogP contribution in [0.1, 0.15) is 80.4 Å². The van der Waals surface area contributed by atoms with Gasteiger partial charge in [0.25, 0.3) is 0 Å². The Morgan fingerprint density at radius 3 is 1.86 bits per heavy atom. The second kappa shape index (κ2) is 9.72. The van der Waals surface area contributed by atoms with Gasteiger partial charge in [-0.15, -0.1) is 0 Å². The summed E-state index contributed by atoms with van der Waals surface area (Å²) >= 11 is 0. The van der Waals surface area contributed by atoms with Crippen LogP contribution in [-0.2, 0) is 9.59 Å². The first-order valence-electron chi connectivity index (χ1n) is 10.2. The van der Waals surface area contributed by atoms with Crippen molar-refractivity contribution < 1.29 is 24.2 Å². The molecule has 0 aliphatic rings. The second-order valence-corrected chi connectivity index (χ2v) is 9.77. The maximum atomic E-state index is 12.4. The van der Waals surface area contributed by atoms with Gasteiger partial charge in [-0.25, -0.2) is 0 Å². The molecule has 29 heavy (non-hydrogen) atoms. The van der Waals surface area contributed by atoms with E-state index in [0.29, 0.717) is 5.56 Å². The van der Waals surface area contributed by atoms with E-state index in [1.807, 2.05) is 20.8 Å². The summed E-state index contributed by atoms with van der Waals surface area (Å²) in [4.78, 5) is 24.8. The highest BCUT2D eigenvalue weighted by Crippen LogP contribution is 2.35. The van der Waals surface area contributed by atoms with Crippen molar-refractivity contribution in [3.05, 3.63) is 23.8 Å². The van der Waals surface area contributed by atoms with Gasteiger partial charge in [-0.05, 0) is 65.7 Å². The first-order chi connectivity index (χ1) is 13.2. The molecule has 2 N–H and O–H groups in total. The highest BCUT2D eigenvalue weighted by molar-refractivity contribution is 5.81. The third kappa shape index (κ3) is 7.44. The van der Waals surface area contributed by atoms with Crippen LogP contribution in [0.25, 0.3) is 0 Å². The maximum Gasteiger partial charge on any atom is 0.316 e. The summed E-state index contributed by atoms with van der Waals surface area (Å²) in [6.07, 6.45) is -0.0844. The smallest absolute Gasteiger partial charge is 0.316 e. The molecule has 1 rings (SSSR count). The number of hydrogen-bond donors (Lipinski definition) is 2. The number of carbonyl (C=O) groups excluding carboxylic acids is 2. The van der Waals surface area contributed by atoms with Crippen molar-refractivity contribution in [2.45, 2.75) is 86.9 Å². The number of hydrogen-bond acceptors (Lipinski definition) is 6. The minimum atomic E-state index is -0.804. The van der Waals surface area contributed by atoms with Gasteiger partial charge in [0, 0.05) is 12.1 Å². The molecular weight excluding hydrogens is 370 g/mol. The summed E-state index contributed by atoms with van der Waals surface area (Å²) in [5.74, 6) is -0.613. The van der Waals surface area contributed by atoms with Crippen LogP contribution in [0.4, 0.5) is 0 Å². The predicted molar refractivity (Wildman–Crippen MR) is 114 cm³/mol. The molecule has 6 nitrogen and oxygen atoms in total. The fourth-order valence-electron chi connectivity index (χ4n) is 2.47. The van der Waals surface area contributed by atoms with Gasteiger partial charge >= 0.3 is 11.9 Å². The second-order valence-electron chi connectivity index (χ2n) is 9.77. The average Bonchev–Trinajstić information content (AvgIpc) is 2.58. The number of esters is 2. The van der Waals surface area contributed by atoms with E-state index in [2.05, 4.69) is 5.32 Å². The van der Waals surface area contributed by atoms with Gasteiger partial charge < -0.3 is 19.9 Å². The third-order valence-corrected chi connectivity index (χ3v) is 4.31. The number of carbonyl (C=O) groups is 2. The molecule has 0 heterocycles. The summed E-state index contributed by atoms with van der Waals surface area (Å²) in [6, 6.07) is 4.87. The quantitative estimate of drug-likeness (QED) is 0.515. The van der Waals surface area contributed by atoms with E-state index in [1.54, 1.807) is 59.7 Å². The number of benzene rings is 1.